The summed E-state index contributed by atoms with van der Waals surface area (Å²) in [7, 11) is 1.57. The summed E-state index contributed by atoms with van der Waals surface area (Å²) in [6.07, 6.45) is 0. The predicted octanol–water partition coefficient (Wildman–Crippen LogP) is 6.09. The maximum absolute atomic E-state index is 6.29. The molecule has 0 aliphatic heterocycles. The van der Waals surface area contributed by atoms with Crippen LogP contribution in [0.5, 0.6) is 5.75 Å². The van der Waals surface area contributed by atoms with Gasteiger partial charge in [0.05, 0.1) is 17.0 Å². The van der Waals surface area contributed by atoms with Gasteiger partial charge in [-0.1, -0.05) is 51.3 Å². The first kappa shape index (κ1) is 15.4. The zero-order chi connectivity index (χ0) is 14.0. The van der Waals surface area contributed by atoms with Gasteiger partial charge in [-0.15, -0.1) is 0 Å². The van der Waals surface area contributed by atoms with Crippen molar-refractivity contribution < 1.29 is 4.74 Å². The fourth-order valence-electron chi connectivity index (χ4n) is 1.74. The summed E-state index contributed by atoms with van der Waals surface area (Å²) in [6.45, 7) is 0. The van der Waals surface area contributed by atoms with E-state index in [9.17, 15) is 0 Å². The Labute approximate surface area is 144 Å². The SMILES string of the molecule is COc1cc(Cl)c(C(Br)c2cccc(I)c2)cc1Cl. The summed E-state index contributed by atoms with van der Waals surface area (Å²) in [5.74, 6) is 0.581. The fourth-order valence-corrected chi connectivity index (χ4v) is 3.61. The van der Waals surface area contributed by atoms with Gasteiger partial charge in [0, 0.05) is 14.7 Å². The monoisotopic (exact) mass is 470 g/mol. The van der Waals surface area contributed by atoms with Gasteiger partial charge in [-0.2, -0.15) is 0 Å². The van der Waals surface area contributed by atoms with E-state index >= 15 is 0 Å². The van der Waals surface area contributed by atoms with Gasteiger partial charge in [0.25, 0.3) is 0 Å². The number of halogens is 4. The molecule has 0 aromatic heterocycles. The summed E-state index contributed by atoms with van der Waals surface area (Å²) < 4.78 is 6.33. The Balaban J connectivity index is 2.44. The Morgan fingerprint density at radius 1 is 1.16 bits per heavy atom. The minimum absolute atomic E-state index is 0.00174. The summed E-state index contributed by atoms with van der Waals surface area (Å²) in [6, 6.07) is 11.8. The first-order chi connectivity index (χ1) is 9.02. The standard InChI is InChI=1S/C14H10BrCl2IO/c1-19-13-7-11(16)10(6-12(13)17)14(15)8-3-2-4-9(18)5-8/h2-7,14H,1H3. The van der Waals surface area contributed by atoms with Crippen molar-refractivity contribution in [2.75, 3.05) is 7.11 Å². The number of alkyl halides is 1. The molecular formula is C14H10BrCl2IO. The second-order valence-corrected chi connectivity index (χ2v) is 6.90. The third kappa shape index (κ3) is 3.57. The van der Waals surface area contributed by atoms with E-state index in [0.717, 1.165) is 11.1 Å². The zero-order valence-electron chi connectivity index (χ0n) is 9.96. The molecule has 1 nitrogen and oxygen atoms in total. The van der Waals surface area contributed by atoms with Crippen LogP contribution in [0.2, 0.25) is 10.0 Å². The molecule has 0 saturated heterocycles. The fraction of sp³-hybridized carbons (Fsp3) is 0.143. The van der Waals surface area contributed by atoms with Crippen molar-refractivity contribution in [3.8, 4) is 5.75 Å². The predicted molar refractivity (Wildman–Crippen MR) is 92.9 cm³/mol. The first-order valence-corrected chi connectivity index (χ1v) is 8.20. The third-order valence-electron chi connectivity index (χ3n) is 2.69. The van der Waals surface area contributed by atoms with Crippen molar-refractivity contribution in [2.24, 2.45) is 0 Å². The largest absolute Gasteiger partial charge is 0.495 e. The number of methoxy groups -OCH3 is 1. The van der Waals surface area contributed by atoms with Crippen molar-refractivity contribution in [2.45, 2.75) is 4.83 Å². The van der Waals surface area contributed by atoms with Crippen molar-refractivity contribution in [3.63, 3.8) is 0 Å². The molecule has 0 heterocycles. The molecule has 1 atom stereocenters. The van der Waals surface area contributed by atoms with E-state index in [1.54, 1.807) is 13.2 Å². The van der Waals surface area contributed by atoms with E-state index < -0.39 is 0 Å². The van der Waals surface area contributed by atoms with Crippen LogP contribution in [-0.4, -0.2) is 7.11 Å². The van der Waals surface area contributed by atoms with Crippen molar-refractivity contribution in [1.29, 1.82) is 0 Å². The number of ether oxygens (including phenoxy) is 1. The highest BCUT2D eigenvalue weighted by atomic mass is 127. The van der Waals surface area contributed by atoms with Crippen LogP contribution in [0.3, 0.4) is 0 Å². The first-order valence-electron chi connectivity index (χ1n) is 5.45. The molecule has 0 saturated carbocycles. The molecule has 0 spiro atoms. The van der Waals surface area contributed by atoms with Crippen LogP contribution in [0.1, 0.15) is 16.0 Å². The molecule has 19 heavy (non-hydrogen) atoms. The van der Waals surface area contributed by atoms with Crippen LogP contribution >= 0.6 is 61.7 Å². The summed E-state index contributed by atoms with van der Waals surface area (Å²) in [4.78, 5) is -0.00174. The Bertz CT molecular complexity index is 604. The van der Waals surface area contributed by atoms with E-state index in [2.05, 4.69) is 50.7 Å². The van der Waals surface area contributed by atoms with Crippen molar-refractivity contribution >= 4 is 61.7 Å². The zero-order valence-corrected chi connectivity index (χ0v) is 15.2. The lowest BCUT2D eigenvalue weighted by atomic mass is 10.0. The van der Waals surface area contributed by atoms with Gasteiger partial charge in [-0.3, -0.25) is 0 Å². The molecule has 0 N–H and O–H groups in total. The Hall–Kier alpha value is 0.0300. The lowest BCUT2D eigenvalue weighted by molar-refractivity contribution is 0.415. The summed E-state index contributed by atoms with van der Waals surface area (Å²) >= 11 is 18.4. The summed E-state index contributed by atoms with van der Waals surface area (Å²) in [5, 5.41) is 1.18. The van der Waals surface area contributed by atoms with Crippen LogP contribution in [0, 0.1) is 3.57 Å². The maximum Gasteiger partial charge on any atom is 0.138 e. The highest BCUT2D eigenvalue weighted by Crippen LogP contribution is 2.40. The summed E-state index contributed by atoms with van der Waals surface area (Å²) in [5.41, 5.74) is 2.06. The van der Waals surface area contributed by atoms with Crippen molar-refractivity contribution in [1.82, 2.24) is 0 Å². The third-order valence-corrected chi connectivity index (χ3v) is 5.00. The molecule has 0 aliphatic carbocycles. The highest BCUT2D eigenvalue weighted by molar-refractivity contribution is 14.1. The molecule has 0 bridgehead atoms. The molecule has 2 aromatic carbocycles. The number of hydrogen-bond donors (Lipinski definition) is 0. The molecule has 0 amide bonds. The van der Waals surface area contributed by atoms with E-state index in [-0.39, 0.29) is 4.83 Å². The van der Waals surface area contributed by atoms with Crippen molar-refractivity contribution in [3.05, 3.63) is 61.1 Å². The lowest BCUT2D eigenvalue weighted by Crippen LogP contribution is -1.96. The van der Waals surface area contributed by atoms with E-state index in [0.29, 0.717) is 15.8 Å². The van der Waals surface area contributed by atoms with Crippen LogP contribution < -0.4 is 4.74 Å². The number of rotatable bonds is 3. The van der Waals surface area contributed by atoms with Crippen LogP contribution in [0.25, 0.3) is 0 Å². The molecule has 5 heteroatoms. The number of hydrogen-bond acceptors (Lipinski definition) is 1. The maximum atomic E-state index is 6.29. The van der Waals surface area contributed by atoms with Gasteiger partial charge >= 0.3 is 0 Å². The highest BCUT2D eigenvalue weighted by Gasteiger charge is 2.16. The van der Waals surface area contributed by atoms with Crippen LogP contribution in [-0.2, 0) is 0 Å². The second kappa shape index (κ2) is 6.66. The van der Waals surface area contributed by atoms with E-state index in [1.807, 2.05) is 18.2 Å². The average Bonchev–Trinajstić information content (AvgIpc) is 2.40. The van der Waals surface area contributed by atoms with Gasteiger partial charge in [-0.05, 0) is 51.9 Å². The van der Waals surface area contributed by atoms with E-state index in [1.165, 1.54) is 3.57 Å². The Kier molecular flexibility index (Phi) is 5.40. The molecule has 2 aromatic rings. The molecule has 0 fully saturated rings. The second-order valence-electron chi connectivity index (χ2n) is 3.93. The van der Waals surface area contributed by atoms with Crippen LogP contribution in [0.4, 0.5) is 0 Å². The quantitative estimate of drug-likeness (QED) is 0.389. The normalized spacial score (nSPS) is 12.3. The molecule has 0 radical (unpaired) electrons. The van der Waals surface area contributed by atoms with Crippen LogP contribution in [0.15, 0.2) is 36.4 Å². The molecule has 100 valence electrons. The molecule has 2 rings (SSSR count). The van der Waals surface area contributed by atoms with Gasteiger partial charge < -0.3 is 4.74 Å². The smallest absolute Gasteiger partial charge is 0.138 e. The van der Waals surface area contributed by atoms with Gasteiger partial charge in [-0.25, -0.2) is 0 Å². The van der Waals surface area contributed by atoms with E-state index in [4.69, 9.17) is 27.9 Å². The number of benzene rings is 2. The van der Waals surface area contributed by atoms with Gasteiger partial charge in [0.2, 0.25) is 0 Å². The minimum atomic E-state index is -0.00174. The Morgan fingerprint density at radius 3 is 2.53 bits per heavy atom. The minimum Gasteiger partial charge on any atom is -0.495 e. The Morgan fingerprint density at radius 2 is 1.89 bits per heavy atom. The molecule has 1 unspecified atom stereocenters. The lowest BCUT2D eigenvalue weighted by Gasteiger charge is -2.15. The average molecular weight is 472 g/mol. The topological polar surface area (TPSA) is 9.23 Å². The molecular weight excluding hydrogens is 462 g/mol. The van der Waals surface area contributed by atoms with Gasteiger partial charge in [0.15, 0.2) is 0 Å². The van der Waals surface area contributed by atoms with Gasteiger partial charge in [0.1, 0.15) is 5.75 Å². The molecule has 0 aliphatic rings.